The summed E-state index contributed by atoms with van der Waals surface area (Å²) in [6, 6.07) is 112. The van der Waals surface area contributed by atoms with Gasteiger partial charge in [0.05, 0.1) is 65.9 Å². The van der Waals surface area contributed by atoms with Crippen molar-refractivity contribution in [2.75, 3.05) is 0 Å². The van der Waals surface area contributed by atoms with E-state index in [0.29, 0.717) is 11.6 Å². The summed E-state index contributed by atoms with van der Waals surface area (Å²) in [6.07, 6.45) is 0. The van der Waals surface area contributed by atoms with Crippen LogP contribution in [0.2, 0.25) is 0 Å². The topological polar surface area (TPSA) is 70.2 Å². The molecule has 0 bridgehead atoms. The number of hydrogen-bond donors (Lipinski definition) is 0. The maximum Gasteiger partial charge on any atom is 0.163 e. The molecule has 10 heteroatoms. The van der Waals surface area contributed by atoms with Crippen molar-refractivity contribution in [1.82, 2.24) is 37.9 Å². The third kappa shape index (κ3) is 7.24. The van der Waals surface area contributed by atoms with Gasteiger partial charge in [0.15, 0.2) is 23.3 Å². The number of hydrogen-bond acceptors (Lipinski definition) is 6. The van der Waals surface area contributed by atoms with Crippen molar-refractivity contribution < 1.29 is 0 Å². The monoisotopic (exact) mass is 1350 g/mol. The highest BCUT2D eigenvalue weighted by molar-refractivity contribution is 7.26. The zero-order chi connectivity index (χ0) is 67.3. The van der Waals surface area contributed by atoms with E-state index in [9.17, 15) is 0 Å². The van der Waals surface area contributed by atoms with Crippen molar-refractivity contribution in [3.05, 3.63) is 303 Å². The lowest BCUT2D eigenvalue weighted by atomic mass is 9.95. The van der Waals surface area contributed by atoms with E-state index in [4.69, 9.17) is 19.9 Å². The van der Waals surface area contributed by atoms with Gasteiger partial charge in [-0.05, 0) is 117 Å². The first-order valence-corrected chi connectivity index (χ1v) is 37.0. The van der Waals surface area contributed by atoms with Crippen LogP contribution in [-0.4, -0.2) is 37.9 Å². The number of fused-ring (bicyclic) bond motifs is 30. The van der Waals surface area contributed by atoms with Gasteiger partial charge < -0.3 is 8.80 Å². The Morgan fingerprint density at radius 3 is 1.21 bits per heavy atom. The van der Waals surface area contributed by atoms with E-state index < -0.39 is 0 Å². The number of benzene rings is 15. The van der Waals surface area contributed by atoms with E-state index in [1.807, 2.05) is 0 Å². The second kappa shape index (κ2) is 20.2. The predicted octanol–water partition coefficient (Wildman–Crippen LogP) is 25.5. The second-order valence-electron chi connectivity index (χ2n) is 27.9. The maximum absolute atomic E-state index is 5.87. The summed E-state index contributed by atoms with van der Waals surface area (Å²) in [5, 5.41) is 23.9. The fraction of sp³-hybridized carbons (Fsp3) is 0. The minimum Gasteiger partial charge on any atom is -0.308 e. The molecule has 25 rings (SSSR count). The fourth-order valence-corrected chi connectivity index (χ4v) is 20.5. The van der Waals surface area contributed by atoms with Crippen molar-refractivity contribution in [1.29, 1.82) is 0 Å². The van der Waals surface area contributed by atoms with Crippen molar-refractivity contribution in [2.45, 2.75) is 0 Å². The molecule has 0 spiro atoms. The van der Waals surface area contributed by atoms with Gasteiger partial charge in [-0.1, -0.05) is 231 Å². The highest BCUT2D eigenvalue weighted by atomic mass is 32.1. The Bertz CT molecular complexity index is 8110. The van der Waals surface area contributed by atoms with Crippen LogP contribution in [0.3, 0.4) is 0 Å². The number of nitrogens with zero attached hydrogens (tertiary/aromatic N) is 8. The van der Waals surface area contributed by atoms with Crippen LogP contribution in [-0.2, 0) is 0 Å². The highest BCUT2D eigenvalue weighted by Crippen LogP contribution is 2.53. The van der Waals surface area contributed by atoms with Gasteiger partial charge in [-0.3, -0.25) is 9.13 Å². The van der Waals surface area contributed by atoms with Gasteiger partial charge in [-0.15, -0.1) is 22.7 Å². The Labute approximate surface area is 598 Å². The Morgan fingerprint density at radius 2 is 0.625 bits per heavy atom. The molecule has 8 nitrogen and oxygen atoms in total. The molecule has 0 saturated carbocycles. The quantitative estimate of drug-likeness (QED) is 0.166. The van der Waals surface area contributed by atoms with E-state index in [2.05, 4.69) is 321 Å². The number of para-hydroxylation sites is 4. The van der Waals surface area contributed by atoms with E-state index in [1.165, 1.54) is 129 Å². The van der Waals surface area contributed by atoms with Crippen LogP contribution in [0.15, 0.2) is 303 Å². The third-order valence-corrected chi connectivity index (χ3v) is 24.8. The number of rotatable bonds is 6. The fourth-order valence-electron chi connectivity index (χ4n) is 18.3. The van der Waals surface area contributed by atoms with Crippen LogP contribution in [0, 0.1) is 0 Å². The molecule has 0 N–H and O–H groups in total. The third-order valence-electron chi connectivity index (χ3n) is 22.6. The first kappa shape index (κ1) is 55.4. The summed E-state index contributed by atoms with van der Waals surface area (Å²) in [5.41, 5.74) is 18.1. The summed E-state index contributed by atoms with van der Waals surface area (Å²) >= 11 is 3.47. The average molecular weight is 1360 g/mol. The largest absolute Gasteiger partial charge is 0.308 e. The van der Waals surface area contributed by atoms with E-state index in [0.717, 1.165) is 98.1 Å². The Hall–Kier alpha value is -13.4. The number of aromatic nitrogens is 8. The van der Waals surface area contributed by atoms with Crippen molar-refractivity contribution >= 4 is 205 Å². The van der Waals surface area contributed by atoms with Crippen LogP contribution in [0.25, 0.3) is 239 Å². The van der Waals surface area contributed by atoms with Crippen molar-refractivity contribution in [3.8, 4) is 56.7 Å². The van der Waals surface area contributed by atoms with Crippen LogP contribution >= 0.6 is 22.7 Å². The molecule has 10 heterocycles. The molecular formula is C94H50N8S2. The van der Waals surface area contributed by atoms with E-state index in [1.54, 1.807) is 22.7 Å². The Morgan fingerprint density at radius 1 is 0.212 bits per heavy atom. The van der Waals surface area contributed by atoms with Crippen molar-refractivity contribution in [2.24, 2.45) is 0 Å². The molecule has 0 aliphatic rings. The van der Waals surface area contributed by atoms with Crippen LogP contribution in [0.5, 0.6) is 0 Å². The molecule has 0 unspecified atom stereocenters. The van der Waals surface area contributed by atoms with E-state index in [-0.39, 0.29) is 0 Å². The zero-order valence-corrected chi connectivity index (χ0v) is 56.9. The van der Waals surface area contributed by atoms with Gasteiger partial charge in [0.1, 0.15) is 9.66 Å². The summed E-state index contributed by atoms with van der Waals surface area (Å²) in [4.78, 5) is 24.5. The smallest absolute Gasteiger partial charge is 0.163 e. The molecule has 0 amide bonds. The van der Waals surface area contributed by atoms with Crippen molar-refractivity contribution in [3.63, 3.8) is 0 Å². The summed E-state index contributed by atoms with van der Waals surface area (Å²) < 4.78 is 12.3. The minimum absolute atomic E-state index is 0.679. The standard InChI is InChI=1S/C94H50N8S2/c1-2-19-51(20-3-1)52-37-39-54(40-38-52)89-95-91(83-65-29-10-16-35-77(65)103-93(83)97-89)101-71-33-14-9-28-64(71)82-76(101)50-68-62-26-7-13-32-70(62)100-74-46-43-57-47-56(41-44-60(57)80(74)86(82)88(68)100)55-22-18-23-58(48-55)90-96-92(84-66-30-11-17-36-78(66)104-94(84)98-90)102-72-34-15-8-27-63(72)81-75(102)49-67-61-25-6-12-31-69(61)99-73-45-42-53-21-4-5-24-59(53)79(73)85(81)87(67)99/h1-50H. The lowest BCUT2D eigenvalue weighted by Gasteiger charge is -2.13. The molecule has 10 aromatic heterocycles. The minimum atomic E-state index is 0.679. The van der Waals surface area contributed by atoms with Crippen LogP contribution in [0.1, 0.15) is 0 Å². The first-order valence-electron chi connectivity index (χ1n) is 35.3. The van der Waals surface area contributed by atoms with Gasteiger partial charge in [0, 0.05) is 95.9 Å². The average Bonchev–Trinajstić information content (AvgIpc) is 1.51. The molecule has 478 valence electrons. The molecule has 0 aliphatic heterocycles. The lowest BCUT2D eigenvalue weighted by molar-refractivity contribution is 1.08. The number of thiophene rings is 2. The maximum atomic E-state index is 5.87. The normalized spacial score (nSPS) is 12.6. The van der Waals surface area contributed by atoms with Gasteiger partial charge in [0.25, 0.3) is 0 Å². The zero-order valence-electron chi connectivity index (χ0n) is 55.3. The van der Waals surface area contributed by atoms with Crippen LogP contribution in [0.4, 0.5) is 0 Å². The lowest BCUT2D eigenvalue weighted by Crippen LogP contribution is -2.02. The molecule has 0 aliphatic carbocycles. The molecular weight excluding hydrogens is 1310 g/mol. The Balaban J connectivity index is 0.696. The molecule has 104 heavy (non-hydrogen) atoms. The molecule has 0 radical (unpaired) electrons. The summed E-state index contributed by atoms with van der Waals surface area (Å²) in [6.45, 7) is 0. The predicted molar refractivity (Wildman–Crippen MR) is 438 cm³/mol. The molecule has 0 saturated heterocycles. The van der Waals surface area contributed by atoms with Crippen LogP contribution < -0.4 is 0 Å². The SMILES string of the molecule is c1ccc(-c2ccc(-c3nc(-n4c5ccccc5c5c6c7c8ccc(-c9cccc(-c%10nc(-n%11c%12ccccc%12c%12c%13c%14c%15ccccc%15ccc%14n%14c%15ccccc%15c(cc%12%11)c%13%14)c%11c(n%10)sc%10ccccc%10%11)c9)cc8ccc7n7c8ccccc8c(cc54)c67)c4c(n3)sc3ccccc34)cc2)cc1. The molecule has 0 atom stereocenters. The molecule has 25 aromatic rings. The Kier molecular flexibility index (Phi) is 10.8. The van der Waals surface area contributed by atoms with Gasteiger partial charge in [0.2, 0.25) is 0 Å². The summed E-state index contributed by atoms with van der Waals surface area (Å²) in [7, 11) is 0. The van der Waals surface area contributed by atoms with Gasteiger partial charge >= 0.3 is 0 Å². The second-order valence-corrected chi connectivity index (χ2v) is 30.0. The molecule has 0 fully saturated rings. The van der Waals surface area contributed by atoms with E-state index >= 15 is 0 Å². The highest BCUT2D eigenvalue weighted by Gasteiger charge is 2.31. The van der Waals surface area contributed by atoms with Gasteiger partial charge in [-0.2, -0.15) is 0 Å². The first-order chi connectivity index (χ1) is 51.6. The van der Waals surface area contributed by atoms with Gasteiger partial charge in [-0.25, -0.2) is 19.9 Å². The molecule has 15 aromatic carbocycles. The summed E-state index contributed by atoms with van der Waals surface area (Å²) in [5.74, 6) is 3.12.